The van der Waals surface area contributed by atoms with E-state index in [2.05, 4.69) is 15.0 Å². The number of hydrogen-bond donors (Lipinski definition) is 4. The highest BCUT2D eigenvalue weighted by Gasteiger charge is 2.44. The minimum Gasteiger partial charge on any atom is -0.394 e. The van der Waals surface area contributed by atoms with Crippen LogP contribution in [0.2, 0.25) is 0 Å². The molecule has 142 valence electrons. The molecule has 1 aromatic carbocycles. The average molecular weight is 374 g/mol. The number of fused-ring (bicyclic) bond motifs is 2. The summed E-state index contributed by atoms with van der Waals surface area (Å²) in [5.41, 5.74) is 1.15. The van der Waals surface area contributed by atoms with Gasteiger partial charge in [0.15, 0.2) is 17.4 Å². The Morgan fingerprint density at radius 3 is 2.33 bits per heavy atom. The minimum atomic E-state index is -1.49. The normalized spacial score (nSPS) is 25.5. The second-order valence-electron chi connectivity index (χ2n) is 6.68. The molecule has 27 heavy (non-hydrogen) atoms. The molecule has 0 bridgehead atoms. The average Bonchev–Trinajstić information content (AvgIpc) is 2.90. The summed E-state index contributed by atoms with van der Waals surface area (Å²) >= 11 is 0. The molecule has 3 heterocycles. The first-order chi connectivity index (χ1) is 12.8. The van der Waals surface area contributed by atoms with Gasteiger partial charge in [-0.15, -0.1) is 0 Å². The summed E-state index contributed by atoms with van der Waals surface area (Å²) in [5, 5.41) is 29.5. The van der Waals surface area contributed by atoms with E-state index < -0.39 is 42.4 Å². The van der Waals surface area contributed by atoms with Gasteiger partial charge in [0.25, 0.3) is 5.56 Å². The van der Waals surface area contributed by atoms with Gasteiger partial charge >= 0.3 is 5.69 Å². The lowest BCUT2D eigenvalue weighted by Gasteiger charge is -2.18. The van der Waals surface area contributed by atoms with Gasteiger partial charge in [0, 0.05) is 0 Å². The van der Waals surface area contributed by atoms with Crippen LogP contribution in [0, 0.1) is 13.8 Å². The standard InChI is InChI=1S/C17H18N4O6/c1-6-3-8-9(4-7(6)2)19-14-11(18-8)15(25)20-17(26)21(14)16-13(24)12(23)10(5-22)27-16/h3-4,10,12-13,16,22-24H,5H2,1-2H3,(H,20,25,26)/t10-,12-,13-,16+/m1/s1. The molecular formula is C17H18N4O6. The summed E-state index contributed by atoms with van der Waals surface area (Å²) in [6.45, 7) is 3.26. The molecule has 0 spiro atoms. The first kappa shape index (κ1) is 17.7. The van der Waals surface area contributed by atoms with Gasteiger partial charge in [0.05, 0.1) is 17.6 Å². The fourth-order valence-electron chi connectivity index (χ4n) is 3.26. The molecule has 0 aliphatic carbocycles. The number of aromatic amines is 1. The molecule has 0 amide bonds. The van der Waals surface area contributed by atoms with Crippen molar-refractivity contribution in [1.29, 1.82) is 0 Å². The van der Waals surface area contributed by atoms with E-state index in [4.69, 9.17) is 4.74 Å². The predicted octanol–water partition coefficient (Wildman–Crippen LogP) is -1.14. The highest BCUT2D eigenvalue weighted by molar-refractivity contribution is 5.85. The van der Waals surface area contributed by atoms with E-state index in [9.17, 15) is 24.9 Å². The van der Waals surface area contributed by atoms with Gasteiger partial charge in [-0.1, -0.05) is 0 Å². The van der Waals surface area contributed by atoms with E-state index in [0.29, 0.717) is 11.0 Å². The maximum absolute atomic E-state index is 12.4. The maximum Gasteiger partial charge on any atom is 0.332 e. The maximum atomic E-state index is 12.4. The molecule has 2 aromatic heterocycles. The van der Waals surface area contributed by atoms with Crippen LogP contribution in [0.1, 0.15) is 17.4 Å². The molecule has 4 N–H and O–H groups in total. The number of benzene rings is 1. The van der Waals surface area contributed by atoms with E-state index in [1.165, 1.54) is 0 Å². The molecule has 1 saturated heterocycles. The van der Waals surface area contributed by atoms with Crippen LogP contribution in [0.5, 0.6) is 0 Å². The fourth-order valence-corrected chi connectivity index (χ4v) is 3.26. The number of ether oxygens (including phenoxy) is 1. The van der Waals surface area contributed by atoms with Crippen LogP contribution in [0.15, 0.2) is 21.7 Å². The van der Waals surface area contributed by atoms with Gasteiger partial charge < -0.3 is 20.1 Å². The lowest BCUT2D eigenvalue weighted by Crippen LogP contribution is -2.39. The second kappa shape index (κ2) is 6.20. The molecule has 1 aliphatic heterocycles. The molecule has 1 aliphatic rings. The van der Waals surface area contributed by atoms with Gasteiger partial charge in [-0.25, -0.2) is 19.3 Å². The van der Waals surface area contributed by atoms with Crippen molar-refractivity contribution in [1.82, 2.24) is 19.5 Å². The summed E-state index contributed by atoms with van der Waals surface area (Å²) < 4.78 is 6.37. The molecule has 10 heteroatoms. The highest BCUT2D eigenvalue weighted by Crippen LogP contribution is 2.29. The van der Waals surface area contributed by atoms with Crippen molar-refractivity contribution >= 4 is 22.2 Å². The van der Waals surface area contributed by atoms with Gasteiger partial charge in [-0.3, -0.25) is 9.78 Å². The molecule has 0 radical (unpaired) electrons. The third kappa shape index (κ3) is 2.65. The Hall–Kier alpha value is -2.66. The van der Waals surface area contributed by atoms with Gasteiger partial charge in [-0.2, -0.15) is 0 Å². The first-order valence-electron chi connectivity index (χ1n) is 8.38. The van der Waals surface area contributed by atoms with Crippen molar-refractivity contribution in [3.8, 4) is 0 Å². The molecular weight excluding hydrogens is 356 g/mol. The summed E-state index contributed by atoms with van der Waals surface area (Å²) in [7, 11) is 0. The minimum absolute atomic E-state index is 0.0747. The van der Waals surface area contributed by atoms with Gasteiger partial charge in [0.1, 0.15) is 18.3 Å². The number of aromatic nitrogens is 4. The van der Waals surface area contributed by atoms with Crippen molar-refractivity contribution in [2.45, 2.75) is 38.4 Å². The zero-order chi connectivity index (χ0) is 19.5. The van der Waals surface area contributed by atoms with Gasteiger partial charge in [-0.05, 0) is 37.1 Å². The second-order valence-corrected chi connectivity index (χ2v) is 6.68. The summed E-state index contributed by atoms with van der Waals surface area (Å²) in [6, 6.07) is 3.57. The highest BCUT2D eigenvalue weighted by atomic mass is 16.6. The quantitative estimate of drug-likeness (QED) is 0.411. The van der Waals surface area contributed by atoms with E-state index in [-0.39, 0.29) is 11.2 Å². The lowest BCUT2D eigenvalue weighted by atomic mass is 10.1. The van der Waals surface area contributed by atoms with Crippen LogP contribution in [-0.4, -0.2) is 59.8 Å². The largest absolute Gasteiger partial charge is 0.394 e. The van der Waals surface area contributed by atoms with Crippen molar-refractivity contribution in [2.24, 2.45) is 0 Å². The number of aliphatic hydroxyl groups excluding tert-OH is 3. The fraction of sp³-hybridized carbons (Fsp3) is 0.412. The lowest BCUT2D eigenvalue weighted by molar-refractivity contribution is -0.0530. The Morgan fingerprint density at radius 1 is 1.11 bits per heavy atom. The molecule has 10 nitrogen and oxygen atoms in total. The Balaban J connectivity index is 2.03. The molecule has 0 unspecified atom stereocenters. The Kier molecular flexibility index (Phi) is 4.07. The zero-order valence-electron chi connectivity index (χ0n) is 14.6. The number of hydrogen-bond acceptors (Lipinski definition) is 8. The Labute approximate surface area is 151 Å². The van der Waals surface area contributed by atoms with E-state index in [0.717, 1.165) is 15.7 Å². The summed E-state index contributed by atoms with van der Waals surface area (Å²) in [4.78, 5) is 35.6. The Morgan fingerprint density at radius 2 is 1.74 bits per heavy atom. The molecule has 4 atom stereocenters. The number of nitrogens with one attached hydrogen (secondary N) is 1. The van der Waals surface area contributed by atoms with Crippen LogP contribution in [0.25, 0.3) is 22.2 Å². The van der Waals surface area contributed by atoms with Crippen molar-refractivity contribution < 1.29 is 20.1 Å². The SMILES string of the molecule is Cc1cc2nc3c(=O)[nH]c(=O)n([C@H]4O[C@H](CO)[C@@H](O)[C@H]4O)c3nc2cc1C. The number of aryl methyl sites for hydroxylation is 2. The first-order valence-corrected chi connectivity index (χ1v) is 8.38. The number of H-pyrrole nitrogens is 1. The number of rotatable bonds is 2. The van der Waals surface area contributed by atoms with Crippen molar-refractivity contribution in [3.05, 3.63) is 44.1 Å². The van der Waals surface area contributed by atoms with Crippen LogP contribution < -0.4 is 11.2 Å². The number of aliphatic hydroxyl groups is 3. The van der Waals surface area contributed by atoms with E-state index in [1.54, 1.807) is 12.1 Å². The monoisotopic (exact) mass is 374 g/mol. The van der Waals surface area contributed by atoms with Gasteiger partial charge in [0.2, 0.25) is 0 Å². The van der Waals surface area contributed by atoms with Crippen molar-refractivity contribution in [2.75, 3.05) is 6.61 Å². The van der Waals surface area contributed by atoms with Crippen LogP contribution in [-0.2, 0) is 4.74 Å². The topological polar surface area (TPSA) is 151 Å². The van der Waals surface area contributed by atoms with Crippen LogP contribution in [0.4, 0.5) is 0 Å². The third-order valence-electron chi connectivity index (χ3n) is 4.92. The van der Waals surface area contributed by atoms with Crippen LogP contribution >= 0.6 is 0 Å². The summed E-state index contributed by atoms with van der Waals surface area (Å²) in [5.74, 6) is 0. The molecule has 0 saturated carbocycles. The predicted molar refractivity (Wildman–Crippen MR) is 94.4 cm³/mol. The molecule has 3 aromatic rings. The third-order valence-corrected chi connectivity index (χ3v) is 4.92. The molecule has 4 rings (SSSR count). The van der Waals surface area contributed by atoms with E-state index >= 15 is 0 Å². The zero-order valence-corrected chi connectivity index (χ0v) is 14.6. The molecule has 1 fully saturated rings. The van der Waals surface area contributed by atoms with Crippen LogP contribution in [0.3, 0.4) is 0 Å². The van der Waals surface area contributed by atoms with Crippen molar-refractivity contribution in [3.63, 3.8) is 0 Å². The van der Waals surface area contributed by atoms with E-state index in [1.807, 2.05) is 13.8 Å². The smallest absolute Gasteiger partial charge is 0.332 e. The Bertz CT molecular complexity index is 1170. The summed E-state index contributed by atoms with van der Waals surface area (Å²) in [6.07, 6.45) is -5.29. The number of nitrogens with zero attached hydrogens (tertiary/aromatic N) is 3.